The fourth-order valence-electron chi connectivity index (χ4n) is 3.70. The zero-order valence-electron chi connectivity index (χ0n) is 16.3. The molecule has 1 heterocycles. The van der Waals surface area contributed by atoms with Crippen molar-refractivity contribution in [2.75, 3.05) is 6.35 Å². The molecule has 0 aromatic heterocycles. The minimum atomic E-state index is -3.22. The van der Waals surface area contributed by atoms with Crippen LogP contribution in [0.15, 0.2) is 78.9 Å². The third-order valence-electron chi connectivity index (χ3n) is 5.40. The Balaban J connectivity index is 2.09. The summed E-state index contributed by atoms with van der Waals surface area (Å²) in [6, 6.07) is 24.5. The number of rotatable bonds is 3. The summed E-state index contributed by atoms with van der Waals surface area (Å²) in [5.74, 6) is 0.600. The van der Waals surface area contributed by atoms with Crippen molar-refractivity contribution in [1.82, 2.24) is 0 Å². The van der Waals surface area contributed by atoms with E-state index in [1.165, 1.54) is 0 Å². The van der Waals surface area contributed by atoms with Crippen LogP contribution in [-0.4, -0.2) is 11.5 Å². The molecule has 0 fully saturated rings. The molecule has 1 unspecified atom stereocenters. The number of hydrogen-bond donors (Lipinski definition) is 0. The Morgan fingerprint density at radius 3 is 1.86 bits per heavy atom. The van der Waals surface area contributed by atoms with Crippen LogP contribution in [0.4, 0.5) is 0 Å². The minimum Gasteiger partial charge on any atom is -0.485 e. The summed E-state index contributed by atoms with van der Waals surface area (Å²) in [7, 11) is -6.13. The second kappa shape index (κ2) is 6.76. The molecule has 0 saturated carbocycles. The lowest BCUT2D eigenvalue weighted by atomic mass is 10.3. The van der Waals surface area contributed by atoms with Crippen LogP contribution in [0.1, 0.15) is 20.8 Å². The van der Waals surface area contributed by atoms with E-state index in [0.29, 0.717) is 16.4 Å². The van der Waals surface area contributed by atoms with Crippen molar-refractivity contribution in [2.45, 2.75) is 25.9 Å². The molecule has 1 atom stereocenters. The Morgan fingerprint density at radius 2 is 1.36 bits per heavy atom. The average Bonchev–Trinajstić information content (AvgIpc) is 3.07. The molecule has 5 heteroatoms. The molecule has 3 aromatic carbocycles. The number of benzene rings is 3. The smallest absolute Gasteiger partial charge is 0.171 e. The molecule has 0 amide bonds. The van der Waals surface area contributed by atoms with Crippen molar-refractivity contribution in [3.8, 4) is 5.75 Å². The van der Waals surface area contributed by atoms with Gasteiger partial charge in [-0.05, 0) is 12.1 Å². The van der Waals surface area contributed by atoms with Gasteiger partial charge in [0.1, 0.15) is 12.1 Å². The van der Waals surface area contributed by atoms with Gasteiger partial charge in [0.2, 0.25) is 0 Å². The van der Waals surface area contributed by atoms with Crippen LogP contribution in [0.3, 0.4) is 0 Å². The van der Waals surface area contributed by atoms with Crippen LogP contribution in [0, 0.1) is 0 Å². The van der Waals surface area contributed by atoms with Crippen LogP contribution >= 0.6 is 14.3 Å². The highest BCUT2D eigenvalue weighted by Gasteiger charge is 2.49. The van der Waals surface area contributed by atoms with Gasteiger partial charge in [0.15, 0.2) is 14.3 Å². The maximum absolute atomic E-state index is 14.8. The van der Waals surface area contributed by atoms with Gasteiger partial charge < -0.3 is 13.9 Å². The zero-order chi connectivity index (χ0) is 20.0. The van der Waals surface area contributed by atoms with Gasteiger partial charge in [0.05, 0.1) is 5.30 Å². The van der Waals surface area contributed by atoms with E-state index in [4.69, 9.17) is 4.74 Å². The van der Waals surface area contributed by atoms with Crippen molar-refractivity contribution in [3.63, 3.8) is 0 Å². The Bertz CT molecular complexity index is 1060. The SMILES string of the molecule is CC(C)(C)P1(=O)COc2cccc(P(=O)(c3ccccc3)c3ccccc3)c21. The number of ether oxygens (including phenoxy) is 1. The highest BCUT2D eigenvalue weighted by atomic mass is 31.2. The highest BCUT2D eigenvalue weighted by molar-refractivity contribution is 7.87. The third kappa shape index (κ3) is 2.81. The molecule has 0 spiro atoms. The lowest BCUT2D eigenvalue weighted by Gasteiger charge is -2.30. The summed E-state index contributed by atoms with van der Waals surface area (Å²) >= 11 is 0. The monoisotopic (exact) mass is 410 g/mol. The van der Waals surface area contributed by atoms with Crippen molar-refractivity contribution in [2.24, 2.45) is 0 Å². The van der Waals surface area contributed by atoms with Gasteiger partial charge in [-0.2, -0.15) is 0 Å². The molecule has 0 aliphatic carbocycles. The number of fused-ring (bicyclic) bond motifs is 1. The van der Waals surface area contributed by atoms with Gasteiger partial charge in [0, 0.05) is 21.1 Å². The van der Waals surface area contributed by atoms with Crippen molar-refractivity contribution in [3.05, 3.63) is 78.9 Å². The zero-order valence-corrected chi connectivity index (χ0v) is 18.1. The standard InChI is InChI=1S/C23H24O3P2/c1-23(2,3)27(24)17-26-20-15-10-16-21(22(20)27)28(25,18-11-6-4-7-12-18)19-13-8-5-9-14-19/h4-16H,17H2,1-3H3. The lowest BCUT2D eigenvalue weighted by Crippen LogP contribution is -2.36. The normalized spacial score (nSPS) is 19.1. The van der Waals surface area contributed by atoms with Crippen LogP contribution in [0.5, 0.6) is 5.75 Å². The van der Waals surface area contributed by atoms with Crippen LogP contribution in [0.25, 0.3) is 0 Å². The molecule has 144 valence electrons. The van der Waals surface area contributed by atoms with Crippen molar-refractivity contribution in [1.29, 1.82) is 0 Å². The van der Waals surface area contributed by atoms with E-state index in [2.05, 4.69) is 0 Å². The molecule has 0 saturated heterocycles. The Labute approximate surface area is 166 Å². The molecular formula is C23H24O3P2. The van der Waals surface area contributed by atoms with Gasteiger partial charge in [-0.1, -0.05) is 87.5 Å². The van der Waals surface area contributed by atoms with E-state index in [1.54, 1.807) is 0 Å². The Kier molecular flexibility index (Phi) is 4.65. The van der Waals surface area contributed by atoms with E-state index in [9.17, 15) is 9.13 Å². The summed E-state index contributed by atoms with van der Waals surface area (Å²) in [5, 5.41) is 2.28. The first-order chi connectivity index (χ1) is 13.3. The molecule has 1 aliphatic rings. The quantitative estimate of drug-likeness (QED) is 0.599. The summed E-state index contributed by atoms with van der Waals surface area (Å²) in [6.07, 6.45) is 0.159. The molecule has 1 aliphatic heterocycles. The molecule has 3 aromatic rings. The maximum atomic E-state index is 14.8. The Hall–Kier alpha value is -2.08. The van der Waals surface area contributed by atoms with E-state index in [0.717, 1.165) is 10.6 Å². The average molecular weight is 410 g/mol. The predicted octanol–water partition coefficient (Wildman–Crippen LogP) is 4.46. The summed E-state index contributed by atoms with van der Waals surface area (Å²) < 4.78 is 34.8. The first-order valence-electron chi connectivity index (χ1n) is 9.36. The lowest BCUT2D eigenvalue weighted by molar-refractivity contribution is 0.389. The summed E-state index contributed by atoms with van der Waals surface area (Å²) in [6.45, 7) is 5.91. The highest BCUT2D eigenvalue weighted by Crippen LogP contribution is 2.62. The van der Waals surface area contributed by atoms with Gasteiger partial charge in [-0.3, -0.25) is 0 Å². The minimum absolute atomic E-state index is 0.159. The second-order valence-corrected chi connectivity index (χ2v) is 14.3. The molecule has 0 N–H and O–H groups in total. The van der Waals surface area contributed by atoms with Crippen LogP contribution in [-0.2, 0) is 9.13 Å². The van der Waals surface area contributed by atoms with E-state index < -0.39 is 19.4 Å². The van der Waals surface area contributed by atoms with Crippen molar-refractivity contribution >= 4 is 35.5 Å². The van der Waals surface area contributed by atoms with Crippen LogP contribution < -0.4 is 26.0 Å². The van der Waals surface area contributed by atoms with Gasteiger partial charge in [0.25, 0.3) is 0 Å². The molecule has 3 nitrogen and oxygen atoms in total. The Morgan fingerprint density at radius 1 is 0.821 bits per heavy atom. The fraction of sp³-hybridized carbons (Fsp3) is 0.217. The summed E-state index contributed by atoms with van der Waals surface area (Å²) in [4.78, 5) is 0. The van der Waals surface area contributed by atoms with Gasteiger partial charge in [-0.15, -0.1) is 0 Å². The summed E-state index contributed by atoms with van der Waals surface area (Å²) in [5.41, 5.74) is 0. The largest absolute Gasteiger partial charge is 0.485 e. The predicted molar refractivity (Wildman–Crippen MR) is 118 cm³/mol. The van der Waals surface area contributed by atoms with E-state index in [-0.39, 0.29) is 6.35 Å². The van der Waals surface area contributed by atoms with Gasteiger partial charge >= 0.3 is 0 Å². The maximum Gasteiger partial charge on any atom is 0.171 e. The van der Waals surface area contributed by atoms with Crippen molar-refractivity contribution < 1.29 is 13.9 Å². The second-order valence-electron chi connectivity index (χ2n) is 8.09. The first kappa shape index (κ1) is 19.2. The topological polar surface area (TPSA) is 43.4 Å². The molecule has 4 rings (SSSR count). The first-order valence-corrected chi connectivity index (χ1v) is 13.0. The molecule has 0 bridgehead atoms. The molecular weight excluding hydrogens is 386 g/mol. The van der Waals surface area contributed by atoms with E-state index in [1.807, 2.05) is 99.6 Å². The van der Waals surface area contributed by atoms with Crippen LogP contribution in [0.2, 0.25) is 0 Å². The van der Waals surface area contributed by atoms with E-state index >= 15 is 0 Å². The molecule has 28 heavy (non-hydrogen) atoms. The number of hydrogen-bond acceptors (Lipinski definition) is 3. The van der Waals surface area contributed by atoms with Gasteiger partial charge in [-0.25, -0.2) is 0 Å². The third-order valence-corrected chi connectivity index (χ3v) is 12.5. The fourth-order valence-corrected chi connectivity index (χ4v) is 9.80. The molecule has 0 radical (unpaired) electrons.